The Morgan fingerprint density at radius 1 is 1.13 bits per heavy atom. The third kappa shape index (κ3) is 4.38. The number of methoxy groups -OCH3 is 1. The first-order valence-electron chi connectivity index (χ1n) is 13.8. The highest BCUT2D eigenvalue weighted by Gasteiger charge is 2.74. The van der Waals surface area contributed by atoms with Crippen LogP contribution in [0, 0.1) is 17.8 Å². The zero-order valence-corrected chi connectivity index (χ0v) is 23.9. The number of nitrogens with zero attached hydrogens (tertiary/aromatic N) is 2. The molecule has 7 atom stereocenters. The van der Waals surface area contributed by atoms with Crippen LogP contribution in [-0.4, -0.2) is 76.2 Å². The van der Waals surface area contributed by atoms with Crippen molar-refractivity contribution in [3.05, 3.63) is 48.6 Å². The molecule has 0 bridgehead atoms. The Morgan fingerprint density at radius 3 is 2.54 bits per heavy atom. The minimum Gasteiger partial charge on any atom is -0.497 e. The van der Waals surface area contributed by atoms with E-state index in [0.29, 0.717) is 24.6 Å². The van der Waals surface area contributed by atoms with Crippen LogP contribution >= 0.6 is 11.8 Å². The summed E-state index contributed by atoms with van der Waals surface area (Å²) in [5, 5.41) is 10.5. The average Bonchev–Trinajstić information content (AvgIpc) is 3.28. The summed E-state index contributed by atoms with van der Waals surface area (Å²) in [6.07, 6.45) is 10.3. The first-order chi connectivity index (χ1) is 18.7. The molecule has 1 spiro atoms. The molecule has 2 saturated heterocycles. The number of rotatable bonds is 6. The van der Waals surface area contributed by atoms with Gasteiger partial charge in [0.1, 0.15) is 11.8 Å². The van der Waals surface area contributed by atoms with Crippen LogP contribution in [0.25, 0.3) is 0 Å². The number of benzene rings is 1. The minimum absolute atomic E-state index is 0.0481. The number of aliphatic hydroxyl groups is 1. The molecule has 39 heavy (non-hydrogen) atoms. The normalized spacial score (nSPS) is 34.6. The van der Waals surface area contributed by atoms with Crippen LogP contribution in [-0.2, 0) is 19.1 Å². The highest BCUT2D eigenvalue weighted by Crippen LogP contribution is 2.65. The molecule has 1 unspecified atom stereocenters. The summed E-state index contributed by atoms with van der Waals surface area (Å²) in [6.45, 7) is 6.34. The van der Waals surface area contributed by atoms with E-state index in [-0.39, 0.29) is 24.3 Å². The number of cyclic esters (lactones) is 1. The zero-order chi connectivity index (χ0) is 27.9. The van der Waals surface area contributed by atoms with Gasteiger partial charge >= 0.3 is 5.97 Å². The number of fused-ring (bicyclic) bond motifs is 2. The van der Waals surface area contributed by atoms with Gasteiger partial charge in [0.2, 0.25) is 5.91 Å². The van der Waals surface area contributed by atoms with Gasteiger partial charge in [-0.05, 0) is 49.9 Å². The average molecular weight is 555 g/mol. The molecule has 9 heteroatoms. The van der Waals surface area contributed by atoms with Crippen LogP contribution in [0.5, 0.6) is 5.75 Å². The second kappa shape index (κ2) is 10.7. The van der Waals surface area contributed by atoms with E-state index in [4.69, 9.17) is 9.47 Å². The van der Waals surface area contributed by atoms with Crippen molar-refractivity contribution in [2.45, 2.75) is 61.6 Å². The molecule has 0 radical (unpaired) electrons. The molecule has 210 valence electrons. The highest BCUT2D eigenvalue weighted by molar-refractivity contribution is 8.02. The Kier molecular flexibility index (Phi) is 7.59. The lowest BCUT2D eigenvalue weighted by Gasteiger charge is -2.41. The topological polar surface area (TPSA) is 96.4 Å². The van der Waals surface area contributed by atoms with Crippen molar-refractivity contribution in [1.82, 2.24) is 4.90 Å². The molecule has 5 rings (SSSR count). The number of ether oxygens (including phenoxy) is 2. The number of allylic oxidation sites excluding steroid dienone is 1. The van der Waals surface area contributed by atoms with Gasteiger partial charge in [-0.2, -0.15) is 0 Å². The summed E-state index contributed by atoms with van der Waals surface area (Å²) in [4.78, 5) is 46.0. The number of amides is 2. The summed E-state index contributed by atoms with van der Waals surface area (Å²) in [7, 11) is 1.59. The van der Waals surface area contributed by atoms with Gasteiger partial charge < -0.3 is 24.4 Å². The molecule has 4 aliphatic heterocycles. The van der Waals surface area contributed by atoms with Gasteiger partial charge in [-0.3, -0.25) is 14.4 Å². The van der Waals surface area contributed by atoms with Crippen LogP contribution < -0.4 is 9.64 Å². The van der Waals surface area contributed by atoms with Crippen molar-refractivity contribution < 1.29 is 29.0 Å². The Balaban J connectivity index is 1.67. The molecule has 0 saturated carbocycles. The molecule has 0 aromatic heterocycles. The van der Waals surface area contributed by atoms with E-state index in [1.54, 1.807) is 29.0 Å². The van der Waals surface area contributed by atoms with Crippen LogP contribution in [0.15, 0.2) is 48.6 Å². The fraction of sp³-hybridized carbons (Fsp3) is 0.567. The molecule has 4 aliphatic rings. The fourth-order valence-electron chi connectivity index (χ4n) is 6.74. The number of anilines is 1. The maximum atomic E-state index is 14.6. The van der Waals surface area contributed by atoms with Crippen LogP contribution in [0.4, 0.5) is 5.69 Å². The van der Waals surface area contributed by atoms with Gasteiger partial charge in [0, 0.05) is 17.0 Å². The maximum Gasteiger partial charge on any atom is 0.311 e. The maximum absolute atomic E-state index is 14.6. The largest absolute Gasteiger partial charge is 0.497 e. The number of thioether (sulfide) groups is 1. The second-order valence-electron chi connectivity index (χ2n) is 11.1. The first kappa shape index (κ1) is 27.8. The highest BCUT2D eigenvalue weighted by atomic mass is 32.2. The zero-order valence-electron chi connectivity index (χ0n) is 23.0. The van der Waals surface area contributed by atoms with Crippen molar-refractivity contribution in [2.75, 3.05) is 31.8 Å². The summed E-state index contributed by atoms with van der Waals surface area (Å²) in [5.74, 6) is -1.79. The molecule has 4 heterocycles. The Labute approximate surface area is 234 Å². The molecule has 2 amide bonds. The van der Waals surface area contributed by atoms with Crippen molar-refractivity contribution in [2.24, 2.45) is 17.8 Å². The Morgan fingerprint density at radius 2 is 1.87 bits per heavy atom. The quantitative estimate of drug-likeness (QED) is 0.424. The summed E-state index contributed by atoms with van der Waals surface area (Å²) in [6, 6.07) is 5.83. The molecule has 1 aromatic rings. The smallest absolute Gasteiger partial charge is 0.311 e. The number of carbonyl (C=O) groups excluding carboxylic acids is 3. The lowest BCUT2D eigenvalue weighted by molar-refractivity contribution is -0.154. The van der Waals surface area contributed by atoms with Crippen LogP contribution in [0.1, 0.15) is 40.0 Å². The fourth-order valence-corrected chi connectivity index (χ4v) is 8.88. The minimum atomic E-state index is -0.988. The third-order valence-corrected chi connectivity index (χ3v) is 10.7. The number of esters is 1. The van der Waals surface area contributed by atoms with E-state index in [9.17, 15) is 19.5 Å². The number of hydrogen-bond acceptors (Lipinski definition) is 7. The Bertz CT molecular complexity index is 1180. The summed E-state index contributed by atoms with van der Waals surface area (Å²) < 4.78 is 9.28. The molecule has 8 nitrogen and oxygen atoms in total. The van der Waals surface area contributed by atoms with Gasteiger partial charge in [0.05, 0.1) is 42.9 Å². The van der Waals surface area contributed by atoms with Crippen LogP contribution in [0.2, 0.25) is 0 Å². The number of likely N-dealkylation sites (tertiary alicyclic amines) is 1. The van der Waals surface area contributed by atoms with E-state index in [1.807, 2.05) is 51.1 Å². The summed E-state index contributed by atoms with van der Waals surface area (Å²) in [5.41, 5.74) is 0.693. The monoisotopic (exact) mass is 554 g/mol. The van der Waals surface area contributed by atoms with Gasteiger partial charge in [0.15, 0.2) is 0 Å². The van der Waals surface area contributed by atoms with E-state index in [0.717, 1.165) is 19.3 Å². The van der Waals surface area contributed by atoms with Crippen molar-refractivity contribution in [3.63, 3.8) is 0 Å². The van der Waals surface area contributed by atoms with Crippen LogP contribution in [0.3, 0.4) is 0 Å². The molecule has 1 N–H and O–H groups in total. The molecule has 0 aliphatic carbocycles. The first-order valence-corrected chi connectivity index (χ1v) is 14.6. The van der Waals surface area contributed by atoms with Gasteiger partial charge in [0.25, 0.3) is 5.91 Å². The standard InChI is InChI=1S/C30H38N2O6S/c1-5-19(2)22(18-33)32-25-27(35)31(20-10-12-21(37-4)13-11-20)16-9-15-30(25)23(26(32)34)24-28(36)38-17-8-6-7-14-29(24,3)39-30/h7,9-15,19,22-25,33H,5-6,8,16-18H2,1-4H3/b14-7-/t19-,22-,23-,24-,25?,29+,30-/m0/s1. The van der Waals surface area contributed by atoms with Gasteiger partial charge in [-0.15, -0.1) is 11.8 Å². The number of aliphatic hydroxyl groups excluding tert-OH is 1. The Hall–Kier alpha value is -2.78. The number of hydrogen-bond donors (Lipinski definition) is 1. The molecular weight excluding hydrogens is 516 g/mol. The third-order valence-electron chi connectivity index (χ3n) is 8.92. The summed E-state index contributed by atoms with van der Waals surface area (Å²) >= 11 is 1.52. The second-order valence-corrected chi connectivity index (χ2v) is 12.9. The van der Waals surface area contributed by atoms with Gasteiger partial charge in [-0.1, -0.05) is 44.6 Å². The van der Waals surface area contributed by atoms with E-state index in [1.165, 1.54) is 11.8 Å². The molecule has 2 fully saturated rings. The van der Waals surface area contributed by atoms with Crippen molar-refractivity contribution in [3.8, 4) is 5.75 Å². The predicted octanol–water partition coefficient (Wildman–Crippen LogP) is 3.59. The predicted molar refractivity (Wildman–Crippen MR) is 150 cm³/mol. The van der Waals surface area contributed by atoms with E-state index >= 15 is 0 Å². The van der Waals surface area contributed by atoms with E-state index in [2.05, 4.69) is 6.08 Å². The lowest BCUT2D eigenvalue weighted by atomic mass is 9.74. The van der Waals surface area contributed by atoms with Crippen molar-refractivity contribution in [1.29, 1.82) is 0 Å². The number of carbonyl (C=O) groups is 3. The van der Waals surface area contributed by atoms with Crippen molar-refractivity contribution >= 4 is 35.2 Å². The molecular formula is C30H38N2O6S. The van der Waals surface area contributed by atoms with E-state index < -0.39 is 39.4 Å². The SMILES string of the molecule is CC[C@H](C)[C@H](CO)N1C(=O)[C@@H]2[C@H]3C(=O)OCCC/C=C\[C@@]3(C)S[C@@]23C=CCN(c2ccc(OC)cc2)C(=O)C13. The van der Waals surface area contributed by atoms with Gasteiger partial charge in [-0.25, -0.2) is 0 Å². The molecule has 1 aromatic carbocycles. The lowest BCUT2D eigenvalue weighted by Crippen LogP contribution is -2.58.